The Hall–Kier alpha value is -4.36. The lowest BCUT2D eigenvalue weighted by Crippen LogP contribution is -2.03. The molecule has 0 aliphatic heterocycles. The fraction of sp³-hybridized carbons (Fsp3) is 0.250. The third kappa shape index (κ3) is 8.32. The quantitative estimate of drug-likeness (QED) is 0.139. The van der Waals surface area contributed by atoms with Crippen LogP contribution >= 0.6 is 0 Å². The maximum atomic E-state index is 11.5. The molecule has 0 bridgehead atoms. The summed E-state index contributed by atoms with van der Waals surface area (Å²) in [5, 5.41) is 19.3. The van der Waals surface area contributed by atoms with Gasteiger partial charge in [-0.1, -0.05) is 66.7 Å². The van der Waals surface area contributed by atoms with Crippen molar-refractivity contribution < 1.29 is 29.3 Å². The molecule has 0 radical (unpaired) electrons. The molecule has 4 rings (SSSR count). The number of aromatic nitrogens is 1. The number of hydrogen-bond donors (Lipinski definition) is 2. The van der Waals surface area contributed by atoms with Gasteiger partial charge in [0, 0.05) is 36.5 Å². The normalized spacial score (nSPS) is 11.3. The van der Waals surface area contributed by atoms with Crippen LogP contribution in [0.3, 0.4) is 0 Å². The maximum Gasteiger partial charge on any atom is 0.307 e. The van der Waals surface area contributed by atoms with E-state index in [1.807, 2.05) is 95.7 Å². The Kier molecular flexibility index (Phi) is 9.92. The van der Waals surface area contributed by atoms with Gasteiger partial charge >= 0.3 is 11.9 Å². The molecule has 0 spiro atoms. The zero-order valence-corrected chi connectivity index (χ0v) is 21.8. The molecule has 202 valence electrons. The first-order valence-electron chi connectivity index (χ1n) is 13.1. The van der Waals surface area contributed by atoms with Crippen molar-refractivity contribution in [3.05, 3.63) is 101 Å². The summed E-state index contributed by atoms with van der Waals surface area (Å²) in [5.41, 5.74) is 4.67. The molecule has 0 aliphatic carbocycles. The van der Waals surface area contributed by atoms with Crippen LogP contribution in [-0.4, -0.2) is 39.9 Å². The van der Waals surface area contributed by atoms with Gasteiger partial charge in [0.15, 0.2) is 0 Å². The second kappa shape index (κ2) is 14.0. The molecule has 0 aliphatic rings. The summed E-state index contributed by atoms with van der Waals surface area (Å²) in [5.74, 6) is -0.957. The summed E-state index contributed by atoms with van der Waals surface area (Å²) in [6, 6.07) is 23.7. The second-order valence-electron chi connectivity index (χ2n) is 9.30. The SMILES string of the molecule is O=C(O)CCCn1cc(CC(=O)O)c2c(C=Cc3ccc(OCCCOCc4ccccc4)cc3)cccc21. The molecule has 0 amide bonds. The van der Waals surface area contributed by atoms with E-state index in [0.29, 0.717) is 38.3 Å². The Morgan fingerprint density at radius 3 is 2.36 bits per heavy atom. The first-order valence-corrected chi connectivity index (χ1v) is 13.1. The molecule has 7 heteroatoms. The minimum Gasteiger partial charge on any atom is -0.494 e. The lowest BCUT2D eigenvalue weighted by atomic mass is 10.0. The molecule has 1 heterocycles. The third-order valence-corrected chi connectivity index (χ3v) is 6.30. The molecule has 7 nitrogen and oxygen atoms in total. The van der Waals surface area contributed by atoms with E-state index < -0.39 is 11.9 Å². The van der Waals surface area contributed by atoms with Crippen LogP contribution in [0.25, 0.3) is 23.1 Å². The first-order chi connectivity index (χ1) is 19.0. The van der Waals surface area contributed by atoms with Crippen molar-refractivity contribution in [3.63, 3.8) is 0 Å². The molecular formula is C32H33NO6. The Morgan fingerprint density at radius 2 is 1.62 bits per heavy atom. The lowest BCUT2D eigenvalue weighted by molar-refractivity contribution is -0.137. The zero-order chi connectivity index (χ0) is 27.5. The third-order valence-electron chi connectivity index (χ3n) is 6.30. The van der Waals surface area contributed by atoms with Gasteiger partial charge in [0.05, 0.1) is 26.2 Å². The molecule has 39 heavy (non-hydrogen) atoms. The van der Waals surface area contributed by atoms with E-state index in [2.05, 4.69) is 0 Å². The van der Waals surface area contributed by atoms with Crippen LogP contribution in [0.2, 0.25) is 0 Å². The van der Waals surface area contributed by atoms with E-state index in [1.54, 1.807) is 0 Å². The number of ether oxygens (including phenoxy) is 2. The van der Waals surface area contributed by atoms with E-state index in [1.165, 1.54) is 0 Å². The van der Waals surface area contributed by atoms with E-state index in [0.717, 1.165) is 39.8 Å². The van der Waals surface area contributed by atoms with Crippen molar-refractivity contribution in [2.45, 2.75) is 38.8 Å². The summed E-state index contributed by atoms with van der Waals surface area (Å²) in [6.45, 7) is 2.31. The van der Waals surface area contributed by atoms with Crippen molar-refractivity contribution in [3.8, 4) is 5.75 Å². The van der Waals surface area contributed by atoms with Gasteiger partial charge in [-0.3, -0.25) is 9.59 Å². The largest absolute Gasteiger partial charge is 0.494 e. The fourth-order valence-corrected chi connectivity index (χ4v) is 4.47. The molecule has 3 aromatic carbocycles. The van der Waals surface area contributed by atoms with E-state index in [4.69, 9.17) is 14.6 Å². The minimum absolute atomic E-state index is 0.0648. The fourth-order valence-electron chi connectivity index (χ4n) is 4.47. The topological polar surface area (TPSA) is 98.0 Å². The molecule has 0 atom stereocenters. The number of aliphatic carboxylic acids is 2. The van der Waals surface area contributed by atoms with Crippen molar-refractivity contribution >= 4 is 35.0 Å². The number of carboxylic acids is 2. The number of aryl methyl sites for hydroxylation is 1. The lowest BCUT2D eigenvalue weighted by Gasteiger charge is -2.07. The van der Waals surface area contributed by atoms with Gasteiger partial charge in [-0.25, -0.2) is 0 Å². The molecule has 4 aromatic rings. The summed E-state index contributed by atoms with van der Waals surface area (Å²) in [4.78, 5) is 22.4. The highest BCUT2D eigenvalue weighted by Crippen LogP contribution is 2.28. The van der Waals surface area contributed by atoms with Crippen LogP contribution in [0.15, 0.2) is 79.0 Å². The summed E-state index contributed by atoms with van der Waals surface area (Å²) in [6.07, 6.45) is 7.04. The average Bonchev–Trinajstić information content (AvgIpc) is 3.27. The van der Waals surface area contributed by atoms with Gasteiger partial charge in [0.25, 0.3) is 0 Å². The van der Waals surface area contributed by atoms with Gasteiger partial charge in [0.1, 0.15) is 5.75 Å². The predicted molar refractivity (Wildman–Crippen MR) is 152 cm³/mol. The zero-order valence-electron chi connectivity index (χ0n) is 21.8. The Bertz CT molecular complexity index is 1410. The molecule has 2 N–H and O–H groups in total. The van der Waals surface area contributed by atoms with Crippen LogP contribution in [0, 0.1) is 0 Å². The highest BCUT2D eigenvalue weighted by atomic mass is 16.5. The molecule has 1 aromatic heterocycles. The minimum atomic E-state index is -0.906. The molecular weight excluding hydrogens is 494 g/mol. The van der Waals surface area contributed by atoms with Crippen molar-refractivity contribution in [2.75, 3.05) is 13.2 Å². The summed E-state index contributed by atoms with van der Waals surface area (Å²) < 4.78 is 13.5. The predicted octanol–water partition coefficient (Wildman–Crippen LogP) is 6.29. The van der Waals surface area contributed by atoms with Crippen LogP contribution in [-0.2, 0) is 33.9 Å². The smallest absolute Gasteiger partial charge is 0.307 e. The molecule has 0 fully saturated rings. The van der Waals surface area contributed by atoms with Gasteiger partial charge in [-0.2, -0.15) is 0 Å². The van der Waals surface area contributed by atoms with Crippen LogP contribution < -0.4 is 4.74 Å². The standard InChI is InChI=1S/C32H33NO6/c34-30(35)11-5-18-33-22-27(21-31(36)37)32-26(9-4-10-29(32)33)15-12-24-13-16-28(17-14-24)39-20-6-19-38-23-25-7-2-1-3-8-25/h1-4,7-10,12-17,22H,5-6,11,18-21,23H2,(H,34,35)(H,36,37). The molecule has 0 saturated carbocycles. The Morgan fingerprint density at radius 1 is 0.821 bits per heavy atom. The highest BCUT2D eigenvalue weighted by Gasteiger charge is 2.14. The van der Waals surface area contributed by atoms with Gasteiger partial charge in [-0.05, 0) is 46.9 Å². The van der Waals surface area contributed by atoms with E-state index >= 15 is 0 Å². The van der Waals surface area contributed by atoms with Crippen LogP contribution in [0.1, 0.15) is 41.5 Å². The maximum absolute atomic E-state index is 11.5. The summed E-state index contributed by atoms with van der Waals surface area (Å²) in [7, 11) is 0. The van der Waals surface area contributed by atoms with Crippen LogP contribution in [0.4, 0.5) is 0 Å². The Balaban J connectivity index is 1.36. The number of nitrogens with zero attached hydrogens (tertiary/aromatic N) is 1. The number of rotatable bonds is 15. The number of carbonyl (C=O) groups is 2. The number of carboxylic acid groups (broad SMARTS) is 2. The van der Waals surface area contributed by atoms with Gasteiger partial charge in [-0.15, -0.1) is 0 Å². The average molecular weight is 528 g/mol. The number of fused-ring (bicyclic) bond motifs is 1. The second-order valence-corrected chi connectivity index (χ2v) is 9.30. The van der Waals surface area contributed by atoms with Gasteiger partial charge in [0.2, 0.25) is 0 Å². The molecule has 0 saturated heterocycles. The van der Waals surface area contributed by atoms with Crippen molar-refractivity contribution in [1.82, 2.24) is 4.57 Å². The Labute approximate surface area is 227 Å². The van der Waals surface area contributed by atoms with Crippen LogP contribution in [0.5, 0.6) is 5.75 Å². The monoisotopic (exact) mass is 527 g/mol. The van der Waals surface area contributed by atoms with Gasteiger partial charge < -0.3 is 24.3 Å². The van der Waals surface area contributed by atoms with E-state index in [-0.39, 0.29) is 12.8 Å². The van der Waals surface area contributed by atoms with Crippen molar-refractivity contribution in [1.29, 1.82) is 0 Å². The van der Waals surface area contributed by atoms with E-state index in [9.17, 15) is 14.7 Å². The van der Waals surface area contributed by atoms with Crippen molar-refractivity contribution in [2.24, 2.45) is 0 Å². The molecule has 0 unspecified atom stereocenters. The number of benzene rings is 3. The number of hydrogen-bond acceptors (Lipinski definition) is 4. The summed E-state index contributed by atoms with van der Waals surface area (Å²) >= 11 is 0. The first kappa shape index (κ1) is 27.7. The highest BCUT2D eigenvalue weighted by molar-refractivity contribution is 5.96.